The Hall–Kier alpha value is -2.33. The third-order valence-corrected chi connectivity index (χ3v) is 4.56. The number of carbonyl (C=O) groups is 2. The zero-order chi connectivity index (χ0) is 17.3. The number of piperazine rings is 1. The lowest BCUT2D eigenvalue weighted by atomic mass is 10.0. The number of hydrogen-bond acceptors (Lipinski definition) is 2. The molecule has 24 heavy (non-hydrogen) atoms. The molecule has 3 rings (SSSR count). The monoisotopic (exact) mass is 342 g/mol. The van der Waals surface area contributed by atoms with E-state index in [0.29, 0.717) is 30.3 Å². The summed E-state index contributed by atoms with van der Waals surface area (Å²) in [4.78, 5) is 28.1. The summed E-state index contributed by atoms with van der Waals surface area (Å²) in [5.74, 6) is -0.953. The second-order valence-electron chi connectivity index (χ2n) is 6.09. The van der Waals surface area contributed by atoms with Crippen LogP contribution in [-0.2, 0) is 16.1 Å². The van der Waals surface area contributed by atoms with E-state index in [-0.39, 0.29) is 0 Å². The predicted molar refractivity (Wildman–Crippen MR) is 95.1 cm³/mol. The molecule has 0 aromatic heterocycles. The topological polar surface area (TPSA) is 40.6 Å². The smallest absolute Gasteiger partial charge is 0.316 e. The third kappa shape index (κ3) is 3.29. The molecule has 1 aliphatic heterocycles. The van der Waals surface area contributed by atoms with Gasteiger partial charge in [0.15, 0.2) is 0 Å². The van der Waals surface area contributed by atoms with Crippen LogP contribution >= 0.6 is 11.6 Å². The number of amides is 2. The lowest BCUT2D eigenvalue weighted by Crippen LogP contribution is -2.54. The number of hydrogen-bond donors (Lipinski definition) is 0. The fraction of sp³-hybridized carbons (Fsp3) is 0.263. The molecule has 0 saturated carbocycles. The highest BCUT2D eigenvalue weighted by Gasteiger charge is 2.33. The zero-order valence-corrected chi connectivity index (χ0v) is 14.5. The van der Waals surface area contributed by atoms with Crippen LogP contribution in [0.1, 0.15) is 16.7 Å². The van der Waals surface area contributed by atoms with Crippen LogP contribution in [0, 0.1) is 13.8 Å². The average Bonchev–Trinajstić information content (AvgIpc) is 2.56. The molecule has 0 N–H and O–H groups in total. The van der Waals surface area contributed by atoms with Gasteiger partial charge in [0.2, 0.25) is 0 Å². The van der Waals surface area contributed by atoms with Crippen LogP contribution in [0.4, 0.5) is 5.69 Å². The second kappa shape index (κ2) is 6.65. The Morgan fingerprint density at radius 3 is 2.38 bits per heavy atom. The van der Waals surface area contributed by atoms with E-state index in [9.17, 15) is 9.59 Å². The van der Waals surface area contributed by atoms with E-state index < -0.39 is 11.8 Å². The van der Waals surface area contributed by atoms with Gasteiger partial charge in [-0.15, -0.1) is 0 Å². The van der Waals surface area contributed by atoms with Crippen LogP contribution in [0.15, 0.2) is 42.5 Å². The SMILES string of the molecule is Cc1ccc(C)c(CN2CCN(c3ccc(Cl)cc3)C(=O)C2=O)c1. The molecule has 2 aromatic carbocycles. The van der Waals surface area contributed by atoms with Crippen LogP contribution in [0.25, 0.3) is 0 Å². The zero-order valence-electron chi connectivity index (χ0n) is 13.8. The lowest BCUT2D eigenvalue weighted by molar-refractivity contribution is -0.146. The fourth-order valence-corrected chi connectivity index (χ4v) is 2.99. The van der Waals surface area contributed by atoms with Crippen molar-refractivity contribution in [2.75, 3.05) is 18.0 Å². The predicted octanol–water partition coefficient (Wildman–Crippen LogP) is 3.33. The van der Waals surface area contributed by atoms with E-state index in [1.165, 1.54) is 4.90 Å². The molecule has 2 aromatic rings. The number of carbonyl (C=O) groups excluding carboxylic acids is 2. The molecule has 5 heteroatoms. The van der Waals surface area contributed by atoms with Gasteiger partial charge >= 0.3 is 11.8 Å². The van der Waals surface area contributed by atoms with Crippen molar-refractivity contribution in [2.45, 2.75) is 20.4 Å². The maximum absolute atomic E-state index is 12.5. The van der Waals surface area contributed by atoms with Gasteiger partial charge in [0.05, 0.1) is 0 Å². The van der Waals surface area contributed by atoms with Crippen molar-refractivity contribution < 1.29 is 9.59 Å². The van der Waals surface area contributed by atoms with Crippen LogP contribution in [-0.4, -0.2) is 29.8 Å². The molecule has 0 atom stereocenters. The number of anilines is 1. The van der Waals surface area contributed by atoms with Crippen molar-refractivity contribution in [2.24, 2.45) is 0 Å². The van der Waals surface area contributed by atoms with E-state index in [0.717, 1.165) is 16.7 Å². The van der Waals surface area contributed by atoms with Gasteiger partial charge in [-0.1, -0.05) is 35.4 Å². The van der Waals surface area contributed by atoms with Crippen molar-refractivity contribution in [1.29, 1.82) is 0 Å². The molecule has 1 saturated heterocycles. The molecule has 2 amide bonds. The second-order valence-corrected chi connectivity index (χ2v) is 6.53. The van der Waals surface area contributed by atoms with Crippen molar-refractivity contribution in [3.8, 4) is 0 Å². The molecule has 0 spiro atoms. The Balaban J connectivity index is 1.76. The van der Waals surface area contributed by atoms with Crippen LogP contribution < -0.4 is 4.90 Å². The first-order chi connectivity index (χ1) is 11.5. The summed E-state index contributed by atoms with van der Waals surface area (Å²) < 4.78 is 0. The van der Waals surface area contributed by atoms with E-state index >= 15 is 0 Å². The van der Waals surface area contributed by atoms with Gasteiger partial charge in [-0.2, -0.15) is 0 Å². The molecule has 1 aliphatic rings. The standard InChI is InChI=1S/C19H19ClN2O2/c1-13-3-4-14(2)15(11-13)12-21-9-10-22(19(24)18(21)23)17-7-5-16(20)6-8-17/h3-8,11H,9-10,12H2,1-2H3. The van der Waals surface area contributed by atoms with Crippen LogP contribution in [0.3, 0.4) is 0 Å². The first-order valence-electron chi connectivity index (χ1n) is 7.88. The van der Waals surface area contributed by atoms with Crippen LogP contribution in [0.2, 0.25) is 5.02 Å². The maximum atomic E-state index is 12.5. The Morgan fingerprint density at radius 2 is 1.67 bits per heavy atom. The number of benzene rings is 2. The Labute approximate surface area is 146 Å². The fourth-order valence-electron chi connectivity index (χ4n) is 2.87. The molecule has 4 nitrogen and oxygen atoms in total. The molecule has 0 unspecified atom stereocenters. The van der Waals surface area contributed by atoms with E-state index in [2.05, 4.69) is 6.07 Å². The molecule has 124 valence electrons. The van der Waals surface area contributed by atoms with Gasteiger partial charge in [-0.05, 0) is 49.2 Å². The van der Waals surface area contributed by atoms with Crippen LogP contribution in [0.5, 0.6) is 0 Å². The number of nitrogens with zero attached hydrogens (tertiary/aromatic N) is 2. The maximum Gasteiger partial charge on any atom is 0.316 e. The van der Waals surface area contributed by atoms with Gasteiger partial charge in [-0.25, -0.2) is 0 Å². The van der Waals surface area contributed by atoms with Gasteiger partial charge < -0.3 is 9.80 Å². The third-order valence-electron chi connectivity index (χ3n) is 4.31. The van der Waals surface area contributed by atoms with E-state index in [1.807, 2.05) is 26.0 Å². The minimum Gasteiger partial charge on any atom is -0.328 e. The lowest BCUT2D eigenvalue weighted by Gasteiger charge is -2.34. The summed E-state index contributed by atoms with van der Waals surface area (Å²) in [6.45, 7) is 5.50. The molecule has 0 bridgehead atoms. The van der Waals surface area contributed by atoms with Gasteiger partial charge in [0.1, 0.15) is 0 Å². The number of rotatable bonds is 3. The summed E-state index contributed by atoms with van der Waals surface area (Å²) in [7, 11) is 0. The quantitative estimate of drug-likeness (QED) is 0.803. The summed E-state index contributed by atoms with van der Waals surface area (Å²) in [5, 5.41) is 0.603. The van der Waals surface area contributed by atoms with Gasteiger partial charge in [0, 0.05) is 30.3 Å². The minimum atomic E-state index is -0.492. The minimum absolute atomic E-state index is 0.461. The molecule has 1 fully saturated rings. The first-order valence-corrected chi connectivity index (χ1v) is 8.26. The summed E-state index contributed by atoms with van der Waals surface area (Å²) in [6, 6.07) is 13.1. The Bertz CT molecular complexity index is 786. The Kier molecular flexibility index (Phi) is 4.58. The summed E-state index contributed by atoms with van der Waals surface area (Å²) in [6.07, 6.45) is 0. The highest BCUT2D eigenvalue weighted by molar-refractivity contribution is 6.41. The Morgan fingerprint density at radius 1 is 0.958 bits per heavy atom. The highest BCUT2D eigenvalue weighted by Crippen LogP contribution is 2.22. The molecular weight excluding hydrogens is 324 g/mol. The number of aryl methyl sites for hydroxylation is 2. The van der Waals surface area contributed by atoms with Gasteiger partial charge in [0.25, 0.3) is 0 Å². The normalized spacial score (nSPS) is 15.1. The van der Waals surface area contributed by atoms with E-state index in [1.54, 1.807) is 29.2 Å². The molecule has 1 heterocycles. The van der Waals surface area contributed by atoms with Crippen molar-refractivity contribution in [3.63, 3.8) is 0 Å². The summed E-state index contributed by atoms with van der Waals surface area (Å²) >= 11 is 5.88. The van der Waals surface area contributed by atoms with Crippen molar-refractivity contribution in [1.82, 2.24) is 4.90 Å². The first kappa shape index (κ1) is 16.5. The highest BCUT2D eigenvalue weighted by atomic mass is 35.5. The van der Waals surface area contributed by atoms with Crippen molar-refractivity contribution >= 4 is 29.1 Å². The number of halogens is 1. The van der Waals surface area contributed by atoms with Crippen molar-refractivity contribution in [3.05, 3.63) is 64.2 Å². The summed E-state index contributed by atoms with van der Waals surface area (Å²) in [5.41, 5.74) is 4.05. The van der Waals surface area contributed by atoms with Gasteiger partial charge in [-0.3, -0.25) is 9.59 Å². The average molecular weight is 343 g/mol. The molecule has 0 aliphatic carbocycles. The van der Waals surface area contributed by atoms with E-state index in [4.69, 9.17) is 11.6 Å². The molecule has 0 radical (unpaired) electrons. The largest absolute Gasteiger partial charge is 0.328 e. The molecular formula is C19H19ClN2O2.